The summed E-state index contributed by atoms with van der Waals surface area (Å²) in [5, 5.41) is 6.67. The maximum absolute atomic E-state index is 4.54. The van der Waals surface area contributed by atoms with Crippen LogP contribution >= 0.6 is 0 Å². The summed E-state index contributed by atoms with van der Waals surface area (Å²) in [7, 11) is 0. The molecule has 6 nitrogen and oxygen atoms in total. The van der Waals surface area contributed by atoms with E-state index in [4.69, 9.17) is 0 Å². The normalized spacial score (nSPS) is 18.4. The fourth-order valence-corrected chi connectivity index (χ4v) is 2.52. The Bertz CT molecular complexity index is 536. The van der Waals surface area contributed by atoms with Crippen molar-refractivity contribution >= 4 is 5.82 Å². The summed E-state index contributed by atoms with van der Waals surface area (Å²) in [5.41, 5.74) is 2.06. The molecular weight excluding hydrogens is 264 g/mol. The van der Waals surface area contributed by atoms with Crippen LogP contribution in [0, 0.1) is 0 Å². The molecule has 2 N–H and O–H groups in total. The van der Waals surface area contributed by atoms with Gasteiger partial charge in [0.25, 0.3) is 0 Å². The largest absolute Gasteiger partial charge is 0.368 e. The van der Waals surface area contributed by atoms with Gasteiger partial charge in [-0.2, -0.15) is 0 Å². The molecule has 2 aromatic rings. The molecule has 1 unspecified atom stereocenters. The molecular formula is C15H20N6. The van der Waals surface area contributed by atoms with Crippen LogP contribution in [0.3, 0.4) is 0 Å². The lowest BCUT2D eigenvalue weighted by Gasteiger charge is -2.21. The van der Waals surface area contributed by atoms with Gasteiger partial charge in [0.2, 0.25) is 0 Å². The molecule has 1 aliphatic heterocycles. The van der Waals surface area contributed by atoms with E-state index in [9.17, 15) is 0 Å². The molecule has 0 bridgehead atoms. The third-order valence-electron chi connectivity index (χ3n) is 3.69. The van der Waals surface area contributed by atoms with E-state index < -0.39 is 0 Å². The molecule has 0 aromatic carbocycles. The second-order valence-corrected chi connectivity index (χ2v) is 5.24. The number of aromatic nitrogens is 4. The number of nitrogens with zero attached hydrogens (tertiary/aromatic N) is 4. The van der Waals surface area contributed by atoms with Gasteiger partial charge < -0.3 is 10.6 Å². The number of piperidine rings is 1. The predicted octanol–water partition coefficient (Wildman–Crippen LogP) is 1.39. The van der Waals surface area contributed by atoms with Gasteiger partial charge in [-0.15, -0.1) is 0 Å². The second kappa shape index (κ2) is 7.08. The minimum absolute atomic E-state index is 0.500. The van der Waals surface area contributed by atoms with Gasteiger partial charge in [0.15, 0.2) is 0 Å². The molecule has 1 fully saturated rings. The van der Waals surface area contributed by atoms with Gasteiger partial charge in [0, 0.05) is 44.0 Å². The summed E-state index contributed by atoms with van der Waals surface area (Å²) < 4.78 is 0. The molecule has 0 spiro atoms. The van der Waals surface area contributed by atoms with Crippen molar-refractivity contribution < 1.29 is 0 Å². The van der Waals surface area contributed by atoms with Crippen LogP contribution in [0.5, 0.6) is 0 Å². The lowest BCUT2D eigenvalue weighted by atomic mass is 9.97. The molecule has 0 amide bonds. The molecule has 3 rings (SSSR count). The fraction of sp³-hybridized carbons (Fsp3) is 0.467. The van der Waals surface area contributed by atoms with Crippen LogP contribution in [0.1, 0.15) is 30.1 Å². The number of hydrogen-bond donors (Lipinski definition) is 2. The van der Waals surface area contributed by atoms with Crippen molar-refractivity contribution in [3.8, 4) is 0 Å². The molecule has 1 saturated heterocycles. The van der Waals surface area contributed by atoms with Crippen molar-refractivity contribution in [2.24, 2.45) is 0 Å². The van der Waals surface area contributed by atoms with Gasteiger partial charge in [-0.25, -0.2) is 4.98 Å². The molecule has 0 radical (unpaired) electrons. The summed E-state index contributed by atoms with van der Waals surface area (Å²) in [6.07, 6.45) is 12.1. The maximum Gasteiger partial charge on any atom is 0.144 e. The van der Waals surface area contributed by atoms with Gasteiger partial charge in [0.1, 0.15) is 5.82 Å². The Morgan fingerprint density at radius 1 is 1.14 bits per heavy atom. The van der Waals surface area contributed by atoms with E-state index >= 15 is 0 Å². The van der Waals surface area contributed by atoms with E-state index in [0.29, 0.717) is 5.92 Å². The van der Waals surface area contributed by atoms with E-state index in [1.54, 1.807) is 18.6 Å². The van der Waals surface area contributed by atoms with Crippen molar-refractivity contribution in [2.45, 2.75) is 25.2 Å². The number of rotatable bonds is 5. The molecule has 110 valence electrons. The van der Waals surface area contributed by atoms with Gasteiger partial charge in [-0.3, -0.25) is 15.0 Å². The quantitative estimate of drug-likeness (QED) is 0.864. The van der Waals surface area contributed by atoms with Crippen molar-refractivity contribution in [3.63, 3.8) is 0 Å². The van der Waals surface area contributed by atoms with Crippen LogP contribution in [-0.4, -0.2) is 39.6 Å². The Labute approximate surface area is 124 Å². The average molecular weight is 284 g/mol. The Kier molecular flexibility index (Phi) is 4.68. The minimum atomic E-state index is 0.500. The molecule has 1 atom stereocenters. The van der Waals surface area contributed by atoms with Gasteiger partial charge in [-0.1, -0.05) is 0 Å². The van der Waals surface area contributed by atoms with Crippen LogP contribution in [0.4, 0.5) is 5.82 Å². The molecule has 2 aromatic heterocycles. The average Bonchev–Trinajstić information content (AvgIpc) is 2.57. The van der Waals surface area contributed by atoms with E-state index in [2.05, 4.69) is 30.6 Å². The molecule has 3 heterocycles. The lowest BCUT2D eigenvalue weighted by molar-refractivity contribution is 0.454. The molecule has 21 heavy (non-hydrogen) atoms. The molecule has 0 saturated carbocycles. The summed E-state index contributed by atoms with van der Waals surface area (Å²) in [4.78, 5) is 17.3. The molecule has 6 heteroatoms. The Hall–Kier alpha value is -2.08. The first-order valence-electron chi connectivity index (χ1n) is 7.43. The lowest BCUT2D eigenvalue weighted by Crippen LogP contribution is -2.28. The zero-order valence-corrected chi connectivity index (χ0v) is 12.0. The van der Waals surface area contributed by atoms with Crippen molar-refractivity contribution in [1.29, 1.82) is 0 Å². The topological polar surface area (TPSA) is 75.6 Å². The Morgan fingerprint density at radius 2 is 2.14 bits per heavy atom. The van der Waals surface area contributed by atoms with Crippen LogP contribution in [0.2, 0.25) is 0 Å². The van der Waals surface area contributed by atoms with E-state index in [1.807, 2.05) is 12.4 Å². The highest BCUT2D eigenvalue weighted by atomic mass is 15.0. The van der Waals surface area contributed by atoms with Crippen LogP contribution in [-0.2, 0) is 6.42 Å². The minimum Gasteiger partial charge on any atom is -0.368 e. The third kappa shape index (κ3) is 3.95. The smallest absolute Gasteiger partial charge is 0.144 e. The molecule has 0 aliphatic carbocycles. The van der Waals surface area contributed by atoms with Gasteiger partial charge in [-0.05, 0) is 19.4 Å². The Morgan fingerprint density at radius 3 is 2.86 bits per heavy atom. The zero-order valence-electron chi connectivity index (χ0n) is 12.0. The van der Waals surface area contributed by atoms with Crippen LogP contribution < -0.4 is 10.6 Å². The number of nitrogens with one attached hydrogen (secondary N) is 2. The van der Waals surface area contributed by atoms with Crippen molar-refractivity contribution in [1.82, 2.24) is 25.3 Å². The second-order valence-electron chi connectivity index (χ2n) is 5.24. The van der Waals surface area contributed by atoms with Crippen LogP contribution in [0.25, 0.3) is 0 Å². The summed E-state index contributed by atoms with van der Waals surface area (Å²) in [6.45, 7) is 2.90. The van der Waals surface area contributed by atoms with Crippen LogP contribution in [0.15, 0.2) is 31.0 Å². The highest BCUT2D eigenvalue weighted by Crippen LogP contribution is 2.20. The Balaban J connectivity index is 1.50. The predicted molar refractivity (Wildman–Crippen MR) is 81.1 cm³/mol. The van der Waals surface area contributed by atoms with E-state index in [1.165, 1.54) is 12.8 Å². The first kappa shape index (κ1) is 13.9. The highest BCUT2D eigenvalue weighted by Gasteiger charge is 2.16. The fourth-order valence-electron chi connectivity index (χ4n) is 2.52. The monoisotopic (exact) mass is 284 g/mol. The summed E-state index contributed by atoms with van der Waals surface area (Å²) >= 11 is 0. The zero-order chi connectivity index (χ0) is 14.3. The van der Waals surface area contributed by atoms with Gasteiger partial charge >= 0.3 is 0 Å². The van der Waals surface area contributed by atoms with E-state index in [-0.39, 0.29) is 0 Å². The first-order chi connectivity index (χ1) is 10.4. The van der Waals surface area contributed by atoms with Gasteiger partial charge in [0.05, 0.1) is 23.8 Å². The van der Waals surface area contributed by atoms with Crippen molar-refractivity contribution in [2.75, 3.05) is 25.0 Å². The summed E-state index contributed by atoms with van der Waals surface area (Å²) in [5.74, 6) is 1.31. The maximum atomic E-state index is 4.54. The molecule has 1 aliphatic rings. The number of anilines is 1. The number of hydrogen-bond acceptors (Lipinski definition) is 6. The van der Waals surface area contributed by atoms with Crippen molar-refractivity contribution in [3.05, 3.63) is 42.4 Å². The van der Waals surface area contributed by atoms with E-state index in [0.717, 1.165) is 43.3 Å². The SMILES string of the molecule is c1cnc(CCNc2cnc(C3CCCNC3)cn2)cn1. The first-order valence-corrected chi connectivity index (χ1v) is 7.43. The standard InChI is InChI=1S/C15H20N6/c1-2-12(8-16-4-1)14-10-21-15(11-20-14)19-5-3-13-9-17-6-7-18-13/h6-7,9-12,16H,1-5,8H2,(H,19,21). The summed E-state index contributed by atoms with van der Waals surface area (Å²) in [6, 6.07) is 0. The third-order valence-corrected chi connectivity index (χ3v) is 3.69. The highest BCUT2D eigenvalue weighted by molar-refractivity contribution is 5.31.